The molecule has 3 aromatic heterocycles. The fourth-order valence-electron chi connectivity index (χ4n) is 2.99. The summed E-state index contributed by atoms with van der Waals surface area (Å²) in [5.74, 6) is 0.482. The van der Waals surface area contributed by atoms with Crippen LogP contribution in [-0.2, 0) is 4.74 Å². The highest BCUT2D eigenvalue weighted by molar-refractivity contribution is 6.06. The minimum Gasteiger partial charge on any atom is -0.480 e. The van der Waals surface area contributed by atoms with Crippen LogP contribution in [0, 0.1) is 0 Å². The molecule has 0 spiro atoms. The van der Waals surface area contributed by atoms with Crippen molar-refractivity contribution in [3.05, 3.63) is 18.7 Å². The van der Waals surface area contributed by atoms with E-state index in [1.165, 1.54) is 6.33 Å². The van der Waals surface area contributed by atoms with Crippen molar-refractivity contribution in [1.82, 2.24) is 14.5 Å². The molecule has 2 atom stereocenters. The zero-order valence-corrected chi connectivity index (χ0v) is 11.5. The summed E-state index contributed by atoms with van der Waals surface area (Å²) in [5.41, 5.74) is 2.31. The van der Waals surface area contributed by atoms with Gasteiger partial charge < -0.3 is 19.0 Å². The average molecular weight is 289 g/mol. The molecular weight excluding hydrogens is 274 g/mol. The summed E-state index contributed by atoms with van der Waals surface area (Å²) in [6.45, 7) is 0.0303. The van der Waals surface area contributed by atoms with Gasteiger partial charge in [0.1, 0.15) is 17.9 Å². The first-order valence-electron chi connectivity index (χ1n) is 6.86. The van der Waals surface area contributed by atoms with Crippen LogP contribution in [0.25, 0.3) is 22.1 Å². The third-order valence-corrected chi connectivity index (χ3v) is 3.92. The van der Waals surface area contributed by atoms with E-state index in [0.29, 0.717) is 11.5 Å². The van der Waals surface area contributed by atoms with Crippen molar-refractivity contribution < 1.29 is 19.0 Å². The molecule has 2 unspecified atom stereocenters. The SMILES string of the molecule is COc1ncnc2c1c1occc1n2C1CCC(CO)O1. The van der Waals surface area contributed by atoms with Crippen LogP contribution in [0.5, 0.6) is 5.88 Å². The monoisotopic (exact) mass is 289 g/mol. The summed E-state index contributed by atoms with van der Waals surface area (Å²) in [5, 5.41) is 10.00. The molecule has 0 aromatic carbocycles. The first-order chi connectivity index (χ1) is 10.3. The minimum atomic E-state index is -0.167. The standard InChI is InChI=1S/C14H15N3O4/c1-19-14-11-12-9(4-5-20-12)17(13(11)15-7-16-14)10-3-2-8(6-18)21-10/h4-5,7-8,10,18H,2-3,6H2,1H3. The van der Waals surface area contributed by atoms with Gasteiger partial charge in [-0.15, -0.1) is 0 Å². The molecule has 0 radical (unpaired) electrons. The summed E-state index contributed by atoms with van der Waals surface area (Å²) in [4.78, 5) is 8.50. The lowest BCUT2D eigenvalue weighted by Crippen LogP contribution is -2.14. The second-order valence-electron chi connectivity index (χ2n) is 5.06. The van der Waals surface area contributed by atoms with E-state index in [2.05, 4.69) is 9.97 Å². The summed E-state index contributed by atoms with van der Waals surface area (Å²) in [6.07, 6.45) is 4.45. The highest BCUT2D eigenvalue weighted by atomic mass is 16.5. The fourth-order valence-corrected chi connectivity index (χ4v) is 2.99. The minimum absolute atomic E-state index is 0.0303. The molecule has 3 aromatic rings. The van der Waals surface area contributed by atoms with Gasteiger partial charge in [0.05, 0.1) is 31.6 Å². The maximum absolute atomic E-state index is 9.25. The number of nitrogens with zero attached hydrogens (tertiary/aromatic N) is 3. The van der Waals surface area contributed by atoms with Crippen molar-refractivity contribution in [1.29, 1.82) is 0 Å². The molecule has 0 bridgehead atoms. The number of ether oxygens (including phenoxy) is 2. The average Bonchev–Trinajstić information content (AvgIpc) is 3.21. The Kier molecular flexibility index (Phi) is 2.83. The lowest BCUT2D eigenvalue weighted by Gasteiger charge is -2.15. The largest absolute Gasteiger partial charge is 0.480 e. The molecule has 4 rings (SSSR count). The zero-order valence-electron chi connectivity index (χ0n) is 11.5. The Morgan fingerprint density at radius 3 is 3.10 bits per heavy atom. The molecule has 7 heteroatoms. The number of aliphatic hydroxyl groups excluding tert-OH is 1. The van der Waals surface area contributed by atoms with E-state index in [1.807, 2.05) is 10.6 Å². The Bertz CT molecular complexity index is 794. The molecule has 1 N–H and O–H groups in total. The molecular formula is C14H15N3O4. The molecule has 7 nitrogen and oxygen atoms in total. The van der Waals surface area contributed by atoms with Gasteiger partial charge >= 0.3 is 0 Å². The maximum Gasteiger partial charge on any atom is 0.229 e. The molecule has 1 aliphatic rings. The number of rotatable bonds is 3. The normalized spacial score (nSPS) is 22.4. The fraction of sp³-hybridized carbons (Fsp3) is 0.429. The van der Waals surface area contributed by atoms with E-state index in [1.54, 1.807) is 13.4 Å². The smallest absolute Gasteiger partial charge is 0.229 e. The Morgan fingerprint density at radius 1 is 1.43 bits per heavy atom. The van der Waals surface area contributed by atoms with Crippen LogP contribution in [0.1, 0.15) is 19.1 Å². The third-order valence-electron chi connectivity index (χ3n) is 3.92. The van der Waals surface area contributed by atoms with Gasteiger partial charge in [-0.3, -0.25) is 4.57 Å². The number of hydrogen-bond donors (Lipinski definition) is 1. The van der Waals surface area contributed by atoms with E-state index in [-0.39, 0.29) is 18.9 Å². The van der Waals surface area contributed by atoms with E-state index in [0.717, 1.165) is 29.4 Å². The molecule has 0 amide bonds. The van der Waals surface area contributed by atoms with Crippen molar-refractivity contribution in [2.75, 3.05) is 13.7 Å². The van der Waals surface area contributed by atoms with Crippen LogP contribution >= 0.6 is 0 Å². The summed E-state index contributed by atoms with van der Waals surface area (Å²) < 4.78 is 18.8. The highest BCUT2D eigenvalue weighted by Crippen LogP contribution is 2.39. The van der Waals surface area contributed by atoms with E-state index >= 15 is 0 Å². The van der Waals surface area contributed by atoms with Crippen molar-refractivity contribution >= 4 is 22.1 Å². The van der Waals surface area contributed by atoms with Crippen molar-refractivity contribution in [3.63, 3.8) is 0 Å². The summed E-state index contributed by atoms with van der Waals surface area (Å²) in [6, 6.07) is 1.88. The van der Waals surface area contributed by atoms with Gasteiger partial charge in [-0.2, -0.15) is 0 Å². The Labute approximate surface area is 120 Å². The maximum atomic E-state index is 9.25. The van der Waals surface area contributed by atoms with Crippen molar-refractivity contribution in [3.8, 4) is 5.88 Å². The molecule has 21 heavy (non-hydrogen) atoms. The van der Waals surface area contributed by atoms with Crippen LogP contribution in [-0.4, -0.2) is 39.5 Å². The molecule has 0 saturated carbocycles. The molecule has 1 fully saturated rings. The number of fused-ring (bicyclic) bond motifs is 3. The second kappa shape index (κ2) is 4.71. The number of furan rings is 1. The Hall–Kier alpha value is -2.12. The summed E-state index contributed by atoms with van der Waals surface area (Å²) >= 11 is 0. The zero-order chi connectivity index (χ0) is 14.4. The predicted molar refractivity (Wildman–Crippen MR) is 74.1 cm³/mol. The van der Waals surface area contributed by atoms with Gasteiger partial charge in [0, 0.05) is 6.07 Å². The van der Waals surface area contributed by atoms with Gasteiger partial charge in [0.15, 0.2) is 11.2 Å². The van der Waals surface area contributed by atoms with Crippen LogP contribution in [0.3, 0.4) is 0 Å². The number of hydrogen-bond acceptors (Lipinski definition) is 6. The second-order valence-corrected chi connectivity index (χ2v) is 5.06. The molecule has 110 valence electrons. The van der Waals surface area contributed by atoms with Crippen LogP contribution in [0.4, 0.5) is 0 Å². The molecule has 1 saturated heterocycles. The lowest BCUT2D eigenvalue weighted by atomic mass is 10.2. The number of aromatic nitrogens is 3. The van der Waals surface area contributed by atoms with Gasteiger partial charge in [-0.25, -0.2) is 9.97 Å². The molecule has 1 aliphatic heterocycles. The van der Waals surface area contributed by atoms with Gasteiger partial charge in [-0.1, -0.05) is 0 Å². The summed E-state index contributed by atoms with van der Waals surface area (Å²) in [7, 11) is 1.57. The predicted octanol–water partition coefficient (Wildman–Crippen LogP) is 1.86. The topological polar surface area (TPSA) is 82.5 Å². The van der Waals surface area contributed by atoms with Gasteiger partial charge in [0.25, 0.3) is 0 Å². The Morgan fingerprint density at radius 2 is 2.33 bits per heavy atom. The molecule has 0 aliphatic carbocycles. The van der Waals surface area contributed by atoms with Crippen LogP contribution < -0.4 is 4.74 Å². The Balaban J connectivity index is 1.96. The number of aliphatic hydroxyl groups is 1. The van der Waals surface area contributed by atoms with Gasteiger partial charge in [-0.05, 0) is 12.8 Å². The van der Waals surface area contributed by atoms with E-state index < -0.39 is 0 Å². The van der Waals surface area contributed by atoms with Crippen LogP contribution in [0.2, 0.25) is 0 Å². The van der Waals surface area contributed by atoms with Crippen LogP contribution in [0.15, 0.2) is 23.1 Å². The quantitative estimate of drug-likeness (QED) is 0.792. The highest BCUT2D eigenvalue weighted by Gasteiger charge is 2.30. The van der Waals surface area contributed by atoms with Crippen molar-refractivity contribution in [2.24, 2.45) is 0 Å². The number of methoxy groups -OCH3 is 1. The third kappa shape index (κ3) is 1.74. The van der Waals surface area contributed by atoms with Gasteiger partial charge in [0.2, 0.25) is 5.88 Å². The molecule has 4 heterocycles. The van der Waals surface area contributed by atoms with E-state index in [4.69, 9.17) is 13.9 Å². The van der Waals surface area contributed by atoms with Crippen molar-refractivity contribution in [2.45, 2.75) is 25.2 Å². The first-order valence-corrected chi connectivity index (χ1v) is 6.86. The lowest BCUT2D eigenvalue weighted by molar-refractivity contribution is -0.0185. The first kappa shape index (κ1) is 12.6. The van der Waals surface area contributed by atoms with E-state index in [9.17, 15) is 5.11 Å².